The maximum atomic E-state index is 6.57. The fourth-order valence-electron chi connectivity index (χ4n) is 8.48. The summed E-state index contributed by atoms with van der Waals surface area (Å²) in [5.41, 5.74) is 10.3. The summed E-state index contributed by atoms with van der Waals surface area (Å²) in [6.07, 6.45) is 1.85. The molecule has 0 aliphatic carbocycles. The maximum Gasteiger partial charge on any atom is 0.235 e. The summed E-state index contributed by atoms with van der Waals surface area (Å²) < 4.78 is 8.71. The molecule has 250 valence electrons. The van der Waals surface area contributed by atoms with Crippen molar-refractivity contribution in [1.82, 2.24) is 24.5 Å². The van der Waals surface area contributed by atoms with E-state index >= 15 is 0 Å². The predicted molar refractivity (Wildman–Crippen MR) is 220 cm³/mol. The van der Waals surface area contributed by atoms with Gasteiger partial charge in [0.25, 0.3) is 0 Å². The molecule has 0 saturated heterocycles. The van der Waals surface area contributed by atoms with Crippen LogP contribution in [0.5, 0.6) is 0 Å². The molecule has 6 nitrogen and oxygen atoms in total. The largest absolute Gasteiger partial charge is 0.455 e. The summed E-state index contributed by atoms with van der Waals surface area (Å²) in [5.74, 6) is 0.602. The van der Waals surface area contributed by atoms with Crippen LogP contribution in [-0.2, 0) is 0 Å². The molecule has 0 atom stereocenters. The number of fused-ring (bicyclic) bond motifs is 14. The van der Waals surface area contributed by atoms with Crippen LogP contribution in [0.25, 0.3) is 116 Å². The SMILES string of the molecule is c1ccc(-c2nc(-n3c4ccc(-c5nc6c7ccccc7c7oc8ccccc8c7c6c6ccccc56)cc4c4ncccc43)nc3ccccc23)cc1. The van der Waals surface area contributed by atoms with E-state index < -0.39 is 0 Å². The van der Waals surface area contributed by atoms with E-state index in [0.29, 0.717) is 5.95 Å². The molecule has 0 aliphatic heterocycles. The van der Waals surface area contributed by atoms with E-state index in [9.17, 15) is 0 Å². The van der Waals surface area contributed by atoms with Crippen molar-refractivity contribution in [3.05, 3.63) is 164 Å². The van der Waals surface area contributed by atoms with Crippen molar-refractivity contribution in [3.63, 3.8) is 0 Å². The zero-order chi connectivity index (χ0) is 35.3. The zero-order valence-corrected chi connectivity index (χ0v) is 28.7. The molecule has 6 heteroatoms. The normalized spacial score (nSPS) is 12.1. The molecular formula is C48H27N5O. The number of hydrogen-bond acceptors (Lipinski definition) is 5. The van der Waals surface area contributed by atoms with Crippen molar-refractivity contribution in [3.8, 4) is 28.5 Å². The van der Waals surface area contributed by atoms with Crippen LogP contribution < -0.4 is 0 Å². The molecule has 0 amide bonds. The van der Waals surface area contributed by atoms with Gasteiger partial charge in [-0.15, -0.1) is 0 Å². The van der Waals surface area contributed by atoms with Gasteiger partial charge in [0, 0.05) is 60.4 Å². The van der Waals surface area contributed by atoms with Crippen LogP contribution >= 0.6 is 0 Å². The third-order valence-corrected chi connectivity index (χ3v) is 10.8. The number of rotatable bonds is 3. The van der Waals surface area contributed by atoms with Gasteiger partial charge in [-0.1, -0.05) is 121 Å². The van der Waals surface area contributed by atoms with E-state index in [1.165, 1.54) is 0 Å². The highest BCUT2D eigenvalue weighted by molar-refractivity contribution is 6.35. The van der Waals surface area contributed by atoms with Gasteiger partial charge in [0.1, 0.15) is 11.2 Å². The van der Waals surface area contributed by atoms with Crippen molar-refractivity contribution >= 4 is 87.2 Å². The van der Waals surface area contributed by atoms with Crippen molar-refractivity contribution in [2.45, 2.75) is 0 Å². The number of benzene rings is 7. The Balaban J connectivity index is 1.15. The number of aromatic nitrogens is 5. The van der Waals surface area contributed by atoms with Crippen molar-refractivity contribution in [1.29, 1.82) is 0 Å². The Labute approximate surface area is 307 Å². The first kappa shape index (κ1) is 29.2. The summed E-state index contributed by atoms with van der Waals surface area (Å²) in [6.45, 7) is 0. The predicted octanol–water partition coefficient (Wildman–Crippen LogP) is 12.2. The van der Waals surface area contributed by atoms with Gasteiger partial charge in [-0.25, -0.2) is 15.0 Å². The average molecular weight is 690 g/mol. The fraction of sp³-hybridized carbons (Fsp3) is 0. The van der Waals surface area contributed by atoms with E-state index in [4.69, 9.17) is 24.4 Å². The van der Waals surface area contributed by atoms with Crippen molar-refractivity contribution in [2.24, 2.45) is 0 Å². The minimum absolute atomic E-state index is 0.602. The zero-order valence-electron chi connectivity index (χ0n) is 28.7. The van der Waals surface area contributed by atoms with E-state index in [2.05, 4.69) is 114 Å². The molecule has 0 radical (unpaired) electrons. The Morgan fingerprint density at radius 1 is 0.426 bits per heavy atom. The fourth-order valence-corrected chi connectivity index (χ4v) is 8.48. The number of furan rings is 1. The molecule has 12 rings (SSSR count). The van der Waals surface area contributed by atoms with Gasteiger partial charge in [0.05, 0.1) is 39.0 Å². The minimum atomic E-state index is 0.602. The molecule has 54 heavy (non-hydrogen) atoms. The summed E-state index contributed by atoms with van der Waals surface area (Å²) in [7, 11) is 0. The molecule has 0 unspecified atom stereocenters. The van der Waals surface area contributed by atoms with Crippen LogP contribution in [0.15, 0.2) is 168 Å². The van der Waals surface area contributed by atoms with Crippen LogP contribution in [-0.4, -0.2) is 24.5 Å². The van der Waals surface area contributed by atoms with Crippen LogP contribution in [0.2, 0.25) is 0 Å². The van der Waals surface area contributed by atoms with Gasteiger partial charge in [-0.2, -0.15) is 0 Å². The van der Waals surface area contributed by atoms with Gasteiger partial charge in [0.15, 0.2) is 0 Å². The Morgan fingerprint density at radius 3 is 2.00 bits per heavy atom. The lowest BCUT2D eigenvalue weighted by Gasteiger charge is -2.14. The Bertz CT molecular complexity index is 3510. The lowest BCUT2D eigenvalue weighted by Crippen LogP contribution is -2.03. The molecule has 0 spiro atoms. The number of para-hydroxylation sites is 2. The lowest BCUT2D eigenvalue weighted by molar-refractivity contribution is 0.673. The maximum absolute atomic E-state index is 6.57. The molecular weight excluding hydrogens is 663 g/mol. The molecule has 5 heterocycles. The average Bonchev–Trinajstić information content (AvgIpc) is 3.79. The van der Waals surface area contributed by atoms with Crippen molar-refractivity contribution < 1.29 is 4.42 Å². The first-order valence-corrected chi connectivity index (χ1v) is 18.1. The molecule has 12 aromatic rings. The summed E-state index contributed by atoms with van der Waals surface area (Å²) >= 11 is 0. The highest BCUT2D eigenvalue weighted by atomic mass is 16.3. The first-order chi connectivity index (χ1) is 26.8. The topological polar surface area (TPSA) is 69.6 Å². The van der Waals surface area contributed by atoms with E-state index in [1.54, 1.807) is 0 Å². The molecule has 0 fully saturated rings. The minimum Gasteiger partial charge on any atom is -0.455 e. The highest BCUT2D eigenvalue weighted by Crippen LogP contribution is 2.45. The van der Waals surface area contributed by atoms with Gasteiger partial charge in [0.2, 0.25) is 5.95 Å². The van der Waals surface area contributed by atoms with Gasteiger partial charge in [-0.05, 0) is 41.8 Å². The van der Waals surface area contributed by atoms with E-state index in [0.717, 1.165) is 110 Å². The molecule has 5 aromatic heterocycles. The first-order valence-electron chi connectivity index (χ1n) is 18.1. The third kappa shape index (κ3) is 4.05. The smallest absolute Gasteiger partial charge is 0.235 e. The third-order valence-electron chi connectivity index (χ3n) is 10.8. The lowest BCUT2D eigenvalue weighted by atomic mass is 9.94. The monoisotopic (exact) mass is 689 g/mol. The van der Waals surface area contributed by atoms with Crippen molar-refractivity contribution in [2.75, 3.05) is 0 Å². The molecule has 0 aliphatic rings. The van der Waals surface area contributed by atoms with Gasteiger partial charge in [-0.3, -0.25) is 9.55 Å². The Hall–Kier alpha value is -7.44. The second-order valence-electron chi connectivity index (χ2n) is 13.8. The summed E-state index contributed by atoms with van der Waals surface area (Å²) in [5, 5.41) is 9.65. The Kier molecular flexibility index (Phi) is 5.96. The van der Waals surface area contributed by atoms with Gasteiger partial charge >= 0.3 is 0 Å². The second-order valence-corrected chi connectivity index (χ2v) is 13.8. The highest BCUT2D eigenvalue weighted by Gasteiger charge is 2.22. The molecule has 0 bridgehead atoms. The van der Waals surface area contributed by atoms with Crippen LogP contribution in [0.3, 0.4) is 0 Å². The molecule has 7 aromatic carbocycles. The number of hydrogen-bond donors (Lipinski definition) is 0. The summed E-state index contributed by atoms with van der Waals surface area (Å²) in [4.78, 5) is 20.9. The standard InChI is InChI=1S/C48H27N5O/c1-2-13-28(14-3-1)43-34-19-8-10-21-37(34)50-48(52-43)53-38-25-24-29(27-36(38)45-39(53)22-12-26-49-45)44-31-16-5-4-15-30(31)41-42-35-20-9-11-23-40(35)54-47(42)33-18-7-6-17-32(33)46(41)51-44/h1-27H. The van der Waals surface area contributed by atoms with E-state index in [1.807, 2.05) is 54.7 Å². The molecule has 0 saturated carbocycles. The molecule has 0 N–H and O–H groups in total. The second kappa shape index (κ2) is 11.0. The van der Waals surface area contributed by atoms with Gasteiger partial charge < -0.3 is 4.42 Å². The van der Waals surface area contributed by atoms with E-state index in [-0.39, 0.29) is 0 Å². The number of nitrogens with zero attached hydrogens (tertiary/aromatic N) is 5. The van der Waals surface area contributed by atoms with Crippen LogP contribution in [0.4, 0.5) is 0 Å². The quantitative estimate of drug-likeness (QED) is 0.173. The van der Waals surface area contributed by atoms with Crippen LogP contribution in [0.1, 0.15) is 0 Å². The Morgan fingerprint density at radius 2 is 1.13 bits per heavy atom. The summed E-state index contributed by atoms with van der Waals surface area (Å²) in [6, 6.07) is 54.5. The van der Waals surface area contributed by atoms with Crippen LogP contribution in [0, 0.1) is 0 Å². The number of pyridine rings is 2.